The van der Waals surface area contributed by atoms with E-state index in [0.717, 1.165) is 0 Å². The van der Waals surface area contributed by atoms with Crippen LogP contribution in [0.1, 0.15) is 6.92 Å². The molecule has 2 fully saturated rings. The van der Waals surface area contributed by atoms with Gasteiger partial charge in [0.05, 0.1) is 6.04 Å². The Hall–Kier alpha value is -1.63. The Morgan fingerprint density at radius 1 is 1.44 bits per heavy atom. The van der Waals surface area contributed by atoms with Crippen molar-refractivity contribution in [1.29, 1.82) is 0 Å². The first-order valence-corrected chi connectivity index (χ1v) is 6.20. The molecule has 3 amide bonds. The molecule has 0 spiro atoms. The fourth-order valence-corrected chi connectivity index (χ4v) is 2.35. The van der Waals surface area contributed by atoms with Gasteiger partial charge in [-0.3, -0.25) is 14.4 Å². The van der Waals surface area contributed by atoms with E-state index in [1.54, 1.807) is 4.90 Å². The zero-order chi connectivity index (χ0) is 13.1. The molecule has 0 radical (unpaired) electrons. The quantitative estimate of drug-likeness (QED) is 0.558. The third-order valence-electron chi connectivity index (χ3n) is 3.22. The van der Waals surface area contributed by atoms with Crippen LogP contribution in [0.25, 0.3) is 0 Å². The largest absolute Gasteiger partial charge is 0.355 e. The van der Waals surface area contributed by atoms with Crippen LogP contribution in [0.15, 0.2) is 0 Å². The smallest absolute Gasteiger partial charge is 0.312 e. The van der Waals surface area contributed by atoms with Crippen LogP contribution in [0.4, 0.5) is 0 Å². The van der Waals surface area contributed by atoms with Gasteiger partial charge < -0.3 is 20.4 Å². The van der Waals surface area contributed by atoms with E-state index in [2.05, 4.69) is 10.6 Å². The van der Waals surface area contributed by atoms with Gasteiger partial charge >= 0.3 is 11.8 Å². The Bertz CT molecular complexity index is 371. The molecule has 18 heavy (non-hydrogen) atoms. The minimum atomic E-state index is -0.570. The zero-order valence-corrected chi connectivity index (χ0v) is 10.4. The summed E-state index contributed by atoms with van der Waals surface area (Å²) in [6.45, 7) is 4.66. The van der Waals surface area contributed by atoms with Crippen molar-refractivity contribution >= 4 is 17.7 Å². The fourth-order valence-electron chi connectivity index (χ4n) is 2.35. The summed E-state index contributed by atoms with van der Waals surface area (Å²) in [4.78, 5) is 38.2. The highest BCUT2D eigenvalue weighted by atomic mass is 16.2. The minimum Gasteiger partial charge on any atom is -0.355 e. The maximum atomic E-state index is 11.9. The molecule has 0 aromatic carbocycles. The zero-order valence-electron chi connectivity index (χ0n) is 10.4. The maximum Gasteiger partial charge on any atom is 0.312 e. The third-order valence-corrected chi connectivity index (χ3v) is 3.22. The van der Waals surface area contributed by atoms with Crippen molar-refractivity contribution in [1.82, 2.24) is 20.4 Å². The number of rotatable bonds is 3. The van der Waals surface area contributed by atoms with Gasteiger partial charge in [-0.25, -0.2) is 0 Å². The van der Waals surface area contributed by atoms with Gasteiger partial charge in [0.15, 0.2) is 0 Å². The SMILES string of the molecule is CCNC(=O)CN1CC2CNCCN2C(=O)C1=O. The monoisotopic (exact) mass is 254 g/mol. The molecule has 2 aliphatic heterocycles. The van der Waals surface area contributed by atoms with Gasteiger partial charge in [0.25, 0.3) is 0 Å². The molecule has 0 aromatic heterocycles. The summed E-state index contributed by atoms with van der Waals surface area (Å²) in [5, 5.41) is 5.81. The summed E-state index contributed by atoms with van der Waals surface area (Å²) in [5.74, 6) is -1.28. The first-order chi connectivity index (χ1) is 8.63. The molecule has 0 aliphatic carbocycles. The Kier molecular flexibility index (Phi) is 3.81. The summed E-state index contributed by atoms with van der Waals surface area (Å²) in [6.07, 6.45) is 0. The highest BCUT2D eigenvalue weighted by Gasteiger charge is 2.40. The molecule has 2 saturated heterocycles. The van der Waals surface area contributed by atoms with Crippen LogP contribution in [0.2, 0.25) is 0 Å². The van der Waals surface area contributed by atoms with Crippen molar-refractivity contribution < 1.29 is 14.4 Å². The second kappa shape index (κ2) is 5.34. The highest BCUT2D eigenvalue weighted by molar-refractivity contribution is 6.35. The summed E-state index contributed by atoms with van der Waals surface area (Å²) < 4.78 is 0. The highest BCUT2D eigenvalue weighted by Crippen LogP contribution is 2.13. The first kappa shape index (κ1) is 12.8. The number of hydrogen-bond donors (Lipinski definition) is 2. The normalized spacial score (nSPS) is 23.9. The van der Waals surface area contributed by atoms with E-state index in [-0.39, 0.29) is 18.5 Å². The summed E-state index contributed by atoms with van der Waals surface area (Å²) in [6, 6.07) is -0.0154. The molecule has 1 unspecified atom stereocenters. The molecule has 2 N–H and O–H groups in total. The predicted molar refractivity (Wildman–Crippen MR) is 63.6 cm³/mol. The standard InChI is InChI=1S/C11H18N4O3/c1-2-13-9(16)7-14-6-8-5-12-3-4-15(8)11(18)10(14)17/h8,12H,2-7H2,1H3,(H,13,16). The minimum absolute atomic E-state index is 0.0154. The van der Waals surface area contributed by atoms with Gasteiger partial charge in [-0.15, -0.1) is 0 Å². The van der Waals surface area contributed by atoms with E-state index in [9.17, 15) is 14.4 Å². The van der Waals surface area contributed by atoms with Crippen molar-refractivity contribution in [2.24, 2.45) is 0 Å². The number of hydrogen-bond acceptors (Lipinski definition) is 4. The number of piperazine rings is 2. The molecule has 0 aromatic rings. The van der Waals surface area contributed by atoms with E-state index in [1.807, 2.05) is 6.92 Å². The van der Waals surface area contributed by atoms with Gasteiger partial charge in [-0.1, -0.05) is 0 Å². The molecule has 2 rings (SSSR count). The van der Waals surface area contributed by atoms with Gasteiger partial charge in [0.1, 0.15) is 6.54 Å². The van der Waals surface area contributed by atoms with E-state index < -0.39 is 11.8 Å². The summed E-state index contributed by atoms with van der Waals surface area (Å²) >= 11 is 0. The number of amides is 3. The van der Waals surface area contributed by atoms with E-state index >= 15 is 0 Å². The second-order valence-corrected chi connectivity index (χ2v) is 4.50. The summed E-state index contributed by atoms with van der Waals surface area (Å²) in [7, 11) is 0. The number of carbonyl (C=O) groups is 3. The molecule has 2 heterocycles. The van der Waals surface area contributed by atoms with Gasteiger partial charge in [0, 0.05) is 32.7 Å². The van der Waals surface area contributed by atoms with Crippen LogP contribution in [0, 0.1) is 0 Å². The number of fused-ring (bicyclic) bond motifs is 1. The predicted octanol–water partition coefficient (Wildman–Crippen LogP) is -2.23. The average Bonchev–Trinajstić information content (AvgIpc) is 2.36. The average molecular weight is 254 g/mol. The lowest BCUT2D eigenvalue weighted by Crippen LogP contribution is -2.66. The topological polar surface area (TPSA) is 81.8 Å². The van der Waals surface area contributed by atoms with Crippen molar-refractivity contribution in [3.63, 3.8) is 0 Å². The lowest BCUT2D eigenvalue weighted by Gasteiger charge is -2.42. The maximum absolute atomic E-state index is 11.9. The van der Waals surface area contributed by atoms with Crippen molar-refractivity contribution in [3.8, 4) is 0 Å². The molecular weight excluding hydrogens is 236 g/mol. The molecular formula is C11H18N4O3. The number of carbonyl (C=O) groups excluding carboxylic acids is 3. The Morgan fingerprint density at radius 2 is 2.22 bits per heavy atom. The Labute approximate surface area is 105 Å². The van der Waals surface area contributed by atoms with Crippen LogP contribution in [-0.4, -0.2) is 72.8 Å². The van der Waals surface area contributed by atoms with E-state index in [4.69, 9.17) is 0 Å². The first-order valence-electron chi connectivity index (χ1n) is 6.20. The second-order valence-electron chi connectivity index (χ2n) is 4.50. The lowest BCUT2D eigenvalue weighted by molar-refractivity contribution is -0.160. The van der Waals surface area contributed by atoms with Crippen LogP contribution in [-0.2, 0) is 14.4 Å². The van der Waals surface area contributed by atoms with Crippen molar-refractivity contribution in [2.75, 3.05) is 39.3 Å². The van der Waals surface area contributed by atoms with Crippen molar-refractivity contribution in [3.05, 3.63) is 0 Å². The van der Waals surface area contributed by atoms with Gasteiger partial charge in [-0.05, 0) is 6.92 Å². The molecule has 2 aliphatic rings. The third kappa shape index (κ3) is 2.45. The molecule has 1 atom stereocenters. The Morgan fingerprint density at radius 3 is 2.94 bits per heavy atom. The number of nitrogens with zero attached hydrogens (tertiary/aromatic N) is 2. The lowest BCUT2D eigenvalue weighted by atomic mass is 10.1. The molecule has 7 nitrogen and oxygen atoms in total. The van der Waals surface area contributed by atoms with Crippen LogP contribution in [0.5, 0.6) is 0 Å². The van der Waals surface area contributed by atoms with Crippen LogP contribution >= 0.6 is 0 Å². The Balaban J connectivity index is 2.02. The van der Waals surface area contributed by atoms with Gasteiger partial charge in [-0.2, -0.15) is 0 Å². The van der Waals surface area contributed by atoms with Gasteiger partial charge in [0.2, 0.25) is 5.91 Å². The number of nitrogens with one attached hydrogen (secondary N) is 2. The molecule has 0 saturated carbocycles. The number of likely N-dealkylation sites (N-methyl/N-ethyl adjacent to an activating group) is 1. The van der Waals surface area contributed by atoms with Crippen LogP contribution in [0.3, 0.4) is 0 Å². The van der Waals surface area contributed by atoms with E-state index in [1.165, 1.54) is 4.90 Å². The fraction of sp³-hybridized carbons (Fsp3) is 0.727. The molecule has 0 bridgehead atoms. The molecule has 7 heteroatoms. The summed E-state index contributed by atoms with van der Waals surface area (Å²) in [5.41, 5.74) is 0. The molecule has 100 valence electrons. The van der Waals surface area contributed by atoms with Crippen LogP contribution < -0.4 is 10.6 Å². The van der Waals surface area contributed by atoms with Crippen molar-refractivity contribution in [2.45, 2.75) is 13.0 Å². The van der Waals surface area contributed by atoms with E-state index in [0.29, 0.717) is 32.7 Å².